The van der Waals surface area contributed by atoms with Crippen molar-refractivity contribution in [2.45, 2.75) is 33.6 Å². The highest BCUT2D eigenvalue weighted by Gasteiger charge is 2.37. The number of halogens is 1. The summed E-state index contributed by atoms with van der Waals surface area (Å²) in [7, 11) is 0. The molecule has 1 aliphatic rings. The van der Waals surface area contributed by atoms with Crippen LogP contribution < -0.4 is 0 Å². The number of likely N-dealkylation sites (tertiary alicyclic amines) is 1. The van der Waals surface area contributed by atoms with Crippen molar-refractivity contribution in [2.24, 2.45) is 11.3 Å². The maximum Gasteiger partial charge on any atom is 0.223 e. The van der Waals surface area contributed by atoms with E-state index in [1.165, 1.54) is 6.07 Å². The minimum absolute atomic E-state index is 0.0248. The van der Waals surface area contributed by atoms with Crippen molar-refractivity contribution in [1.82, 2.24) is 4.90 Å². The number of Topliss-reactive ketones (excluding diaryl/α,β-unsaturated/α-hetero) is 1. The predicted octanol–water partition coefficient (Wildman–Crippen LogP) is 2.83. The zero-order chi connectivity index (χ0) is 15.6. The van der Waals surface area contributed by atoms with Crippen LogP contribution in [-0.2, 0) is 16.0 Å². The number of hydrogen-bond donors (Lipinski definition) is 0. The largest absolute Gasteiger partial charge is 0.335 e. The van der Waals surface area contributed by atoms with Gasteiger partial charge in [0.2, 0.25) is 5.91 Å². The third kappa shape index (κ3) is 3.90. The third-order valence-corrected chi connectivity index (χ3v) is 4.15. The lowest BCUT2D eigenvalue weighted by atomic mass is 9.80. The average Bonchev–Trinajstić information content (AvgIpc) is 2.74. The molecule has 1 saturated heterocycles. The molecule has 1 amide bonds. The summed E-state index contributed by atoms with van der Waals surface area (Å²) in [4.78, 5) is 25.7. The summed E-state index contributed by atoms with van der Waals surface area (Å²) in [6, 6.07) is 6.26. The van der Waals surface area contributed by atoms with Gasteiger partial charge in [-0.1, -0.05) is 39.0 Å². The summed E-state index contributed by atoms with van der Waals surface area (Å²) in [6.07, 6.45) is 0.535. The minimum atomic E-state index is -0.369. The Hall–Kier alpha value is -1.71. The monoisotopic (exact) mass is 291 g/mol. The van der Waals surface area contributed by atoms with Crippen molar-refractivity contribution in [3.63, 3.8) is 0 Å². The molecule has 1 atom stereocenters. The third-order valence-electron chi connectivity index (χ3n) is 4.15. The number of benzene rings is 1. The molecule has 0 aliphatic carbocycles. The highest BCUT2D eigenvalue weighted by Crippen LogP contribution is 2.34. The number of rotatable bonds is 4. The first kappa shape index (κ1) is 15.7. The summed E-state index contributed by atoms with van der Waals surface area (Å²) >= 11 is 0. The molecule has 114 valence electrons. The van der Waals surface area contributed by atoms with E-state index in [1.54, 1.807) is 23.1 Å². The van der Waals surface area contributed by atoms with Gasteiger partial charge >= 0.3 is 0 Å². The molecule has 3 nitrogen and oxygen atoms in total. The van der Waals surface area contributed by atoms with E-state index in [0.717, 1.165) is 0 Å². The fourth-order valence-electron chi connectivity index (χ4n) is 2.63. The van der Waals surface area contributed by atoms with Gasteiger partial charge in [-0.25, -0.2) is 4.39 Å². The fraction of sp³-hybridized carbons (Fsp3) is 0.529. The molecule has 0 bridgehead atoms. The summed E-state index contributed by atoms with van der Waals surface area (Å²) in [5.74, 6) is -0.197. The van der Waals surface area contributed by atoms with E-state index in [0.29, 0.717) is 18.5 Å². The zero-order valence-corrected chi connectivity index (χ0v) is 12.9. The van der Waals surface area contributed by atoms with Crippen molar-refractivity contribution < 1.29 is 14.0 Å². The van der Waals surface area contributed by atoms with Crippen LogP contribution in [0.25, 0.3) is 0 Å². The normalized spacial score (nSPS) is 19.1. The van der Waals surface area contributed by atoms with Gasteiger partial charge in [0.05, 0.1) is 6.54 Å². The van der Waals surface area contributed by atoms with Crippen molar-refractivity contribution >= 4 is 11.7 Å². The van der Waals surface area contributed by atoms with Crippen LogP contribution in [0.15, 0.2) is 24.3 Å². The van der Waals surface area contributed by atoms with Crippen molar-refractivity contribution in [3.05, 3.63) is 35.6 Å². The molecule has 0 saturated carbocycles. The molecule has 1 aromatic rings. The topological polar surface area (TPSA) is 37.4 Å². The van der Waals surface area contributed by atoms with E-state index in [9.17, 15) is 14.0 Å². The van der Waals surface area contributed by atoms with Gasteiger partial charge in [-0.15, -0.1) is 0 Å². The minimum Gasteiger partial charge on any atom is -0.335 e. The Labute approximate surface area is 125 Å². The highest BCUT2D eigenvalue weighted by atomic mass is 19.1. The van der Waals surface area contributed by atoms with Gasteiger partial charge in [-0.2, -0.15) is 0 Å². The molecule has 2 rings (SSSR count). The molecule has 0 spiro atoms. The van der Waals surface area contributed by atoms with Gasteiger partial charge in [0.25, 0.3) is 0 Å². The number of carbonyl (C=O) groups is 2. The molecule has 1 heterocycles. The second-order valence-electron chi connectivity index (χ2n) is 6.85. The van der Waals surface area contributed by atoms with Gasteiger partial charge in [-0.3, -0.25) is 9.59 Å². The van der Waals surface area contributed by atoms with E-state index < -0.39 is 0 Å². The number of hydrogen-bond acceptors (Lipinski definition) is 2. The molecular weight excluding hydrogens is 269 g/mol. The Morgan fingerprint density at radius 2 is 2.00 bits per heavy atom. The van der Waals surface area contributed by atoms with Gasteiger partial charge < -0.3 is 4.90 Å². The van der Waals surface area contributed by atoms with E-state index in [2.05, 4.69) is 20.8 Å². The number of nitrogens with zero attached hydrogens (tertiary/aromatic N) is 1. The number of carbonyl (C=O) groups excluding carboxylic acids is 2. The lowest BCUT2D eigenvalue weighted by Gasteiger charge is -2.26. The van der Waals surface area contributed by atoms with E-state index in [4.69, 9.17) is 0 Å². The number of ketones is 1. The van der Waals surface area contributed by atoms with Crippen molar-refractivity contribution in [2.75, 3.05) is 13.1 Å². The SMILES string of the molecule is CC(C)(C)C1CC(=O)N(CC(=O)Cc2ccccc2F)C1. The Kier molecular flexibility index (Phi) is 4.45. The highest BCUT2D eigenvalue weighted by molar-refractivity contribution is 5.88. The fourth-order valence-corrected chi connectivity index (χ4v) is 2.63. The molecular formula is C17H22FNO2. The van der Waals surface area contributed by atoms with E-state index in [-0.39, 0.29) is 41.8 Å². The lowest BCUT2D eigenvalue weighted by molar-refractivity contribution is -0.132. The molecule has 1 aliphatic heterocycles. The van der Waals surface area contributed by atoms with Gasteiger partial charge in [0.1, 0.15) is 5.82 Å². The maximum atomic E-state index is 13.5. The van der Waals surface area contributed by atoms with E-state index in [1.807, 2.05) is 0 Å². The van der Waals surface area contributed by atoms with Gasteiger partial charge in [-0.05, 0) is 23.0 Å². The first-order valence-corrected chi connectivity index (χ1v) is 7.30. The van der Waals surface area contributed by atoms with Gasteiger partial charge in [0.15, 0.2) is 5.78 Å². The average molecular weight is 291 g/mol. The Bertz CT molecular complexity index is 548. The molecule has 4 heteroatoms. The van der Waals surface area contributed by atoms with E-state index >= 15 is 0 Å². The van der Waals surface area contributed by atoms with Crippen molar-refractivity contribution in [1.29, 1.82) is 0 Å². The molecule has 1 aromatic carbocycles. The maximum absolute atomic E-state index is 13.5. The smallest absolute Gasteiger partial charge is 0.223 e. The quantitative estimate of drug-likeness (QED) is 0.855. The first-order chi connectivity index (χ1) is 9.77. The van der Waals surface area contributed by atoms with Gasteiger partial charge in [0, 0.05) is 19.4 Å². The summed E-state index contributed by atoms with van der Waals surface area (Å²) in [6.45, 7) is 7.02. The predicted molar refractivity (Wildman–Crippen MR) is 79.3 cm³/mol. The summed E-state index contributed by atoms with van der Waals surface area (Å²) < 4.78 is 13.5. The van der Waals surface area contributed by atoms with Crippen molar-refractivity contribution in [3.8, 4) is 0 Å². The van der Waals surface area contributed by atoms with Crippen LogP contribution >= 0.6 is 0 Å². The second-order valence-corrected chi connectivity index (χ2v) is 6.85. The van der Waals surface area contributed by atoms with Crippen LogP contribution in [-0.4, -0.2) is 29.7 Å². The summed E-state index contributed by atoms with van der Waals surface area (Å²) in [5, 5.41) is 0. The number of amides is 1. The Morgan fingerprint density at radius 1 is 1.33 bits per heavy atom. The molecule has 0 aromatic heterocycles. The van der Waals surface area contributed by atoms with Crippen LogP contribution in [0.5, 0.6) is 0 Å². The first-order valence-electron chi connectivity index (χ1n) is 7.30. The second kappa shape index (κ2) is 5.96. The molecule has 0 radical (unpaired) electrons. The van der Waals surface area contributed by atoms with Crippen LogP contribution in [0, 0.1) is 17.2 Å². The molecule has 0 N–H and O–H groups in total. The Balaban J connectivity index is 1.95. The van der Waals surface area contributed by atoms with Crippen LogP contribution in [0.2, 0.25) is 0 Å². The molecule has 21 heavy (non-hydrogen) atoms. The summed E-state index contributed by atoms with van der Waals surface area (Å²) in [5.41, 5.74) is 0.445. The van der Waals surface area contributed by atoms with Crippen LogP contribution in [0.4, 0.5) is 4.39 Å². The lowest BCUT2D eigenvalue weighted by Crippen LogP contribution is -2.33. The van der Waals surface area contributed by atoms with Crippen LogP contribution in [0.1, 0.15) is 32.8 Å². The zero-order valence-electron chi connectivity index (χ0n) is 12.9. The Morgan fingerprint density at radius 3 is 2.57 bits per heavy atom. The molecule has 1 fully saturated rings. The molecule has 1 unspecified atom stereocenters. The van der Waals surface area contributed by atoms with Crippen LogP contribution in [0.3, 0.4) is 0 Å². The standard InChI is InChI=1S/C17H22FNO2/c1-17(2,3)13-9-16(21)19(10-13)11-14(20)8-12-6-4-5-7-15(12)18/h4-7,13H,8-11H2,1-3H3.